The number of nitrogens with zero attached hydrogens (tertiary/aromatic N) is 3. The van der Waals surface area contributed by atoms with Gasteiger partial charge in [0.2, 0.25) is 0 Å². The van der Waals surface area contributed by atoms with E-state index in [1.165, 1.54) is 13.2 Å². The van der Waals surface area contributed by atoms with E-state index in [4.69, 9.17) is 10.5 Å². The molecule has 0 spiro atoms. The Kier molecular flexibility index (Phi) is 5.67. The third-order valence-corrected chi connectivity index (χ3v) is 6.38. The van der Waals surface area contributed by atoms with E-state index in [1.807, 2.05) is 19.1 Å². The number of nitrogens with one attached hydrogen (secondary N) is 1. The number of nitrogen functional groups attached to an aromatic ring is 1. The second-order valence-electron chi connectivity index (χ2n) is 8.51. The van der Waals surface area contributed by atoms with Crippen LogP contribution in [0.4, 0.5) is 30.4 Å². The molecule has 10 heteroatoms. The molecular weight excluding hydrogens is 447 g/mol. The van der Waals surface area contributed by atoms with Crippen molar-refractivity contribution in [1.29, 1.82) is 0 Å². The molecule has 1 unspecified atom stereocenters. The highest BCUT2D eigenvalue weighted by Crippen LogP contribution is 2.46. The number of carbonyl (C=O) groups excluding carboxylic acids is 1. The SMILES string of the molecule is CC[C@@]1(OC)C(=O)N(C)c2cc3c(NC(C)c4cc(N)cc(C(F)(F)F)c4)nc(C)nc3cc21. The van der Waals surface area contributed by atoms with Crippen molar-refractivity contribution in [3.8, 4) is 0 Å². The minimum absolute atomic E-state index is 0.0237. The summed E-state index contributed by atoms with van der Waals surface area (Å²) in [5, 5.41) is 3.84. The van der Waals surface area contributed by atoms with E-state index in [0.29, 0.717) is 40.2 Å². The van der Waals surface area contributed by atoms with Crippen LogP contribution in [0.1, 0.15) is 48.8 Å². The molecule has 3 N–H and O–H groups in total. The molecule has 0 saturated heterocycles. The lowest BCUT2D eigenvalue weighted by Gasteiger charge is -2.25. The maximum atomic E-state index is 13.3. The quantitative estimate of drug-likeness (QED) is 0.510. The van der Waals surface area contributed by atoms with Crippen molar-refractivity contribution in [1.82, 2.24) is 9.97 Å². The predicted octanol–water partition coefficient (Wildman–Crippen LogP) is 4.94. The highest BCUT2D eigenvalue weighted by molar-refractivity contribution is 6.09. The molecule has 1 aliphatic rings. The number of hydrogen-bond donors (Lipinski definition) is 2. The summed E-state index contributed by atoms with van der Waals surface area (Å²) in [6.45, 7) is 5.34. The van der Waals surface area contributed by atoms with E-state index < -0.39 is 23.4 Å². The van der Waals surface area contributed by atoms with Crippen LogP contribution < -0.4 is 16.0 Å². The third kappa shape index (κ3) is 3.71. The van der Waals surface area contributed by atoms with Crippen molar-refractivity contribution in [2.75, 3.05) is 30.1 Å². The lowest BCUT2D eigenvalue weighted by molar-refractivity contribution is -0.140. The summed E-state index contributed by atoms with van der Waals surface area (Å²) in [4.78, 5) is 23.6. The molecule has 1 aromatic heterocycles. The summed E-state index contributed by atoms with van der Waals surface area (Å²) in [6.07, 6.45) is -4.05. The molecule has 0 aliphatic carbocycles. The number of nitrogens with two attached hydrogens (primary N) is 1. The molecule has 7 nitrogen and oxygen atoms in total. The number of anilines is 3. The number of benzene rings is 2. The summed E-state index contributed by atoms with van der Waals surface area (Å²) in [7, 11) is 3.19. The summed E-state index contributed by atoms with van der Waals surface area (Å²) in [6, 6.07) is 6.58. The monoisotopic (exact) mass is 473 g/mol. The van der Waals surface area contributed by atoms with Gasteiger partial charge in [-0.3, -0.25) is 4.79 Å². The first-order valence-corrected chi connectivity index (χ1v) is 10.8. The van der Waals surface area contributed by atoms with Gasteiger partial charge in [-0.25, -0.2) is 9.97 Å². The predicted molar refractivity (Wildman–Crippen MR) is 125 cm³/mol. The van der Waals surface area contributed by atoms with E-state index in [1.54, 1.807) is 25.8 Å². The average Bonchev–Trinajstić information content (AvgIpc) is 2.97. The van der Waals surface area contributed by atoms with E-state index in [2.05, 4.69) is 15.3 Å². The molecule has 180 valence electrons. The average molecular weight is 473 g/mol. The minimum atomic E-state index is -4.51. The zero-order chi connectivity index (χ0) is 25.0. The lowest BCUT2D eigenvalue weighted by atomic mass is 9.91. The number of aromatic nitrogens is 2. The van der Waals surface area contributed by atoms with Gasteiger partial charge in [0.1, 0.15) is 11.6 Å². The number of aryl methyl sites for hydroxylation is 1. The zero-order valence-electron chi connectivity index (χ0n) is 19.5. The summed E-state index contributed by atoms with van der Waals surface area (Å²) < 4.78 is 45.5. The van der Waals surface area contributed by atoms with Gasteiger partial charge in [-0.2, -0.15) is 13.2 Å². The van der Waals surface area contributed by atoms with Crippen molar-refractivity contribution < 1.29 is 22.7 Å². The number of fused-ring (bicyclic) bond motifs is 2. The van der Waals surface area contributed by atoms with Crippen LogP contribution in [0.3, 0.4) is 0 Å². The number of carbonyl (C=O) groups is 1. The molecule has 1 aliphatic heterocycles. The number of likely N-dealkylation sites (N-methyl/N-ethyl adjacent to an activating group) is 1. The molecule has 1 amide bonds. The second-order valence-corrected chi connectivity index (χ2v) is 8.51. The smallest absolute Gasteiger partial charge is 0.399 e. The number of halogens is 3. The number of hydrogen-bond acceptors (Lipinski definition) is 6. The molecule has 34 heavy (non-hydrogen) atoms. The molecule has 2 atom stereocenters. The fourth-order valence-corrected chi connectivity index (χ4v) is 4.55. The molecule has 2 heterocycles. The Morgan fingerprint density at radius 2 is 1.91 bits per heavy atom. The molecule has 2 aromatic carbocycles. The molecule has 3 aromatic rings. The Labute approximate surface area is 195 Å². The largest absolute Gasteiger partial charge is 0.416 e. The Morgan fingerprint density at radius 3 is 2.53 bits per heavy atom. The zero-order valence-corrected chi connectivity index (χ0v) is 19.5. The van der Waals surface area contributed by atoms with E-state index in [9.17, 15) is 18.0 Å². The lowest BCUT2D eigenvalue weighted by Crippen LogP contribution is -2.39. The van der Waals surface area contributed by atoms with Crippen LogP contribution in [0.15, 0.2) is 30.3 Å². The number of methoxy groups -OCH3 is 1. The first-order valence-electron chi connectivity index (χ1n) is 10.8. The van der Waals surface area contributed by atoms with Gasteiger partial charge in [0.05, 0.1) is 22.8 Å². The van der Waals surface area contributed by atoms with E-state index in [0.717, 1.165) is 17.7 Å². The van der Waals surface area contributed by atoms with Crippen molar-refractivity contribution in [2.24, 2.45) is 0 Å². The molecule has 0 radical (unpaired) electrons. The summed E-state index contributed by atoms with van der Waals surface area (Å²) in [5.74, 6) is 0.749. The van der Waals surface area contributed by atoms with Crippen molar-refractivity contribution in [2.45, 2.75) is 45.0 Å². The maximum absolute atomic E-state index is 13.3. The maximum Gasteiger partial charge on any atom is 0.416 e. The van der Waals surface area contributed by atoms with Gasteiger partial charge in [0, 0.05) is 30.8 Å². The van der Waals surface area contributed by atoms with Gasteiger partial charge < -0.3 is 20.7 Å². The Balaban J connectivity index is 1.81. The topological polar surface area (TPSA) is 93.4 Å². The Morgan fingerprint density at radius 1 is 1.21 bits per heavy atom. The van der Waals surface area contributed by atoms with E-state index >= 15 is 0 Å². The van der Waals surface area contributed by atoms with Crippen molar-refractivity contribution in [3.63, 3.8) is 0 Å². The first kappa shape index (κ1) is 23.7. The van der Waals surface area contributed by atoms with Crippen LogP contribution in [-0.2, 0) is 21.3 Å². The number of alkyl halides is 3. The highest BCUT2D eigenvalue weighted by Gasteiger charge is 2.49. The van der Waals surface area contributed by atoms with Gasteiger partial charge in [0.25, 0.3) is 5.91 Å². The molecular formula is C24H26F3N5O2. The molecule has 4 rings (SSSR count). The Bertz CT molecular complexity index is 1290. The van der Waals surface area contributed by atoms with Gasteiger partial charge >= 0.3 is 6.18 Å². The Hall–Kier alpha value is -3.40. The van der Waals surface area contributed by atoms with Crippen LogP contribution in [0.5, 0.6) is 0 Å². The number of amides is 1. The molecule has 0 fully saturated rings. The molecule has 0 saturated carbocycles. The fourth-order valence-electron chi connectivity index (χ4n) is 4.55. The van der Waals surface area contributed by atoms with Gasteiger partial charge in [-0.15, -0.1) is 0 Å². The standard InChI is InChI=1S/C24H26F3N5O2/c1-6-23(34-5)18-11-19-17(10-20(18)32(4)22(23)33)21(31-13(3)30-19)29-12(2)14-7-15(24(25,26)27)9-16(28)8-14/h7-12H,6,28H2,1-5H3,(H,29,30,31)/t12?,23-/m0/s1. The highest BCUT2D eigenvalue weighted by atomic mass is 19.4. The number of ether oxygens (including phenoxy) is 1. The number of rotatable bonds is 5. The second kappa shape index (κ2) is 8.12. The van der Waals surface area contributed by atoms with E-state index in [-0.39, 0.29) is 11.6 Å². The van der Waals surface area contributed by atoms with Crippen molar-refractivity contribution >= 4 is 34.0 Å². The van der Waals surface area contributed by atoms with Gasteiger partial charge in [-0.1, -0.05) is 6.92 Å². The summed E-state index contributed by atoms with van der Waals surface area (Å²) in [5.41, 5.74) is 6.23. The van der Waals surface area contributed by atoms with Crippen LogP contribution in [0.25, 0.3) is 10.9 Å². The third-order valence-electron chi connectivity index (χ3n) is 6.38. The van der Waals surface area contributed by atoms with Gasteiger partial charge in [-0.05, 0) is 56.2 Å². The van der Waals surface area contributed by atoms with Crippen molar-refractivity contribution in [3.05, 3.63) is 52.8 Å². The van der Waals surface area contributed by atoms with Crippen LogP contribution in [0, 0.1) is 6.92 Å². The van der Waals surface area contributed by atoms with Crippen LogP contribution in [0.2, 0.25) is 0 Å². The first-order chi connectivity index (χ1) is 15.9. The minimum Gasteiger partial charge on any atom is -0.399 e. The van der Waals surface area contributed by atoms with Crippen LogP contribution >= 0.6 is 0 Å². The fraction of sp³-hybridized carbons (Fsp3) is 0.375. The molecule has 0 bridgehead atoms. The van der Waals surface area contributed by atoms with Crippen LogP contribution in [-0.4, -0.2) is 30.0 Å². The van der Waals surface area contributed by atoms with Gasteiger partial charge in [0.15, 0.2) is 5.60 Å². The normalized spacial score (nSPS) is 18.9. The summed E-state index contributed by atoms with van der Waals surface area (Å²) >= 11 is 0.